The minimum absolute atomic E-state index is 0.0134. The predicted molar refractivity (Wildman–Crippen MR) is 114 cm³/mol. The molecule has 4 nitrogen and oxygen atoms in total. The Balaban J connectivity index is 1.27. The summed E-state index contributed by atoms with van der Waals surface area (Å²) in [6.07, 6.45) is 5.83. The summed E-state index contributed by atoms with van der Waals surface area (Å²) in [5, 5.41) is 0. The van der Waals surface area contributed by atoms with E-state index in [1.54, 1.807) is 0 Å². The third kappa shape index (κ3) is 3.44. The lowest BCUT2D eigenvalue weighted by atomic mass is 9.80. The van der Waals surface area contributed by atoms with Crippen LogP contribution in [0.5, 0.6) is 5.75 Å². The molecule has 2 N–H and O–H groups in total. The van der Waals surface area contributed by atoms with Gasteiger partial charge in [-0.15, -0.1) is 0 Å². The van der Waals surface area contributed by atoms with E-state index in [-0.39, 0.29) is 17.6 Å². The van der Waals surface area contributed by atoms with Gasteiger partial charge in [-0.3, -0.25) is 4.79 Å². The number of hydrogen-bond donors (Lipinski definition) is 1. The molecule has 1 spiro atoms. The normalized spacial score (nSPS) is 28.0. The minimum Gasteiger partial charge on any atom is -0.487 e. The van der Waals surface area contributed by atoms with Crippen molar-refractivity contribution in [1.29, 1.82) is 0 Å². The molecule has 3 atom stereocenters. The lowest BCUT2D eigenvalue weighted by Gasteiger charge is -2.46. The third-order valence-corrected chi connectivity index (χ3v) is 7.28. The number of nitrogens with zero attached hydrogens (tertiary/aromatic N) is 1. The van der Waals surface area contributed by atoms with Crippen LogP contribution in [0.3, 0.4) is 0 Å². The van der Waals surface area contributed by atoms with Gasteiger partial charge in [-0.1, -0.05) is 55.0 Å². The number of ether oxygens (including phenoxy) is 1. The second-order valence-corrected chi connectivity index (χ2v) is 9.01. The van der Waals surface area contributed by atoms with Gasteiger partial charge in [0.15, 0.2) is 0 Å². The zero-order valence-electron chi connectivity index (χ0n) is 16.9. The van der Waals surface area contributed by atoms with Gasteiger partial charge in [0.25, 0.3) is 0 Å². The summed E-state index contributed by atoms with van der Waals surface area (Å²) in [5.41, 5.74) is 8.66. The van der Waals surface area contributed by atoms with Crippen molar-refractivity contribution in [2.45, 2.75) is 56.1 Å². The third-order valence-electron chi connectivity index (χ3n) is 7.28. The first-order valence-electron chi connectivity index (χ1n) is 11.0. The summed E-state index contributed by atoms with van der Waals surface area (Å²) < 4.78 is 6.46. The van der Waals surface area contributed by atoms with Gasteiger partial charge >= 0.3 is 0 Å². The van der Waals surface area contributed by atoms with Crippen LogP contribution in [-0.2, 0) is 4.79 Å². The lowest BCUT2D eigenvalue weighted by Crippen LogP contribution is -2.53. The van der Waals surface area contributed by atoms with Gasteiger partial charge < -0.3 is 15.4 Å². The number of piperidine rings is 1. The van der Waals surface area contributed by atoms with Gasteiger partial charge in [0.2, 0.25) is 5.91 Å². The van der Waals surface area contributed by atoms with Crippen LogP contribution in [0.4, 0.5) is 0 Å². The highest BCUT2D eigenvalue weighted by atomic mass is 16.5. The fourth-order valence-electron chi connectivity index (χ4n) is 5.70. The average molecular weight is 391 g/mol. The standard InChI is InChI=1S/C25H30N2O2/c26-22-17-25(29-23-12-5-4-9-21(22)23)13-15-27(16-14-25)24(28)20-11-6-10-19(20)18-7-2-1-3-8-18/h1-5,7-9,12,19-20,22H,6,10-11,13-17,26H2. The van der Waals surface area contributed by atoms with Crippen molar-refractivity contribution in [3.63, 3.8) is 0 Å². The Morgan fingerprint density at radius 2 is 1.72 bits per heavy atom. The smallest absolute Gasteiger partial charge is 0.226 e. The Bertz CT molecular complexity index is 873. The van der Waals surface area contributed by atoms with Gasteiger partial charge in [-0.05, 0) is 30.4 Å². The first-order valence-corrected chi connectivity index (χ1v) is 11.0. The first kappa shape index (κ1) is 18.7. The van der Waals surface area contributed by atoms with Gasteiger partial charge in [0.05, 0.1) is 0 Å². The van der Waals surface area contributed by atoms with Crippen LogP contribution in [0.1, 0.15) is 61.6 Å². The quantitative estimate of drug-likeness (QED) is 0.826. The van der Waals surface area contributed by atoms with Crippen molar-refractivity contribution in [1.82, 2.24) is 4.90 Å². The molecule has 1 aliphatic carbocycles. The summed E-state index contributed by atoms with van der Waals surface area (Å²) in [4.78, 5) is 15.5. The molecule has 2 aromatic carbocycles. The highest BCUT2D eigenvalue weighted by Crippen LogP contribution is 2.45. The lowest BCUT2D eigenvalue weighted by molar-refractivity contribution is -0.140. The zero-order chi connectivity index (χ0) is 19.8. The molecule has 3 aliphatic rings. The monoisotopic (exact) mass is 390 g/mol. The molecule has 5 rings (SSSR count). The number of carbonyl (C=O) groups excluding carboxylic acids is 1. The molecular weight excluding hydrogens is 360 g/mol. The summed E-state index contributed by atoms with van der Waals surface area (Å²) in [5.74, 6) is 1.75. The number of rotatable bonds is 2. The number of benzene rings is 2. The second-order valence-electron chi connectivity index (χ2n) is 9.01. The molecule has 1 saturated carbocycles. The van der Waals surface area contributed by atoms with Crippen molar-refractivity contribution in [3.05, 3.63) is 65.7 Å². The number of para-hydroxylation sites is 1. The van der Waals surface area contributed by atoms with E-state index in [9.17, 15) is 4.79 Å². The Hall–Kier alpha value is -2.33. The molecule has 0 aromatic heterocycles. The number of fused-ring (bicyclic) bond motifs is 1. The van der Waals surface area contributed by atoms with E-state index in [1.165, 1.54) is 5.56 Å². The zero-order valence-corrected chi connectivity index (χ0v) is 16.9. The van der Waals surface area contributed by atoms with Gasteiger partial charge in [0, 0.05) is 49.9 Å². The Kier molecular flexibility index (Phi) is 4.83. The van der Waals surface area contributed by atoms with Gasteiger partial charge in [-0.25, -0.2) is 0 Å². The molecule has 2 aromatic rings. The molecule has 2 fully saturated rings. The van der Waals surface area contributed by atoms with E-state index in [1.807, 2.05) is 24.3 Å². The van der Waals surface area contributed by atoms with E-state index in [4.69, 9.17) is 10.5 Å². The summed E-state index contributed by atoms with van der Waals surface area (Å²) in [6, 6.07) is 18.7. The van der Waals surface area contributed by atoms with E-state index in [2.05, 4.69) is 35.2 Å². The fraction of sp³-hybridized carbons (Fsp3) is 0.480. The van der Waals surface area contributed by atoms with Crippen LogP contribution >= 0.6 is 0 Å². The van der Waals surface area contributed by atoms with Crippen molar-refractivity contribution >= 4 is 5.91 Å². The minimum atomic E-state index is -0.223. The van der Waals surface area contributed by atoms with E-state index in [0.717, 1.165) is 62.9 Å². The Labute approximate surface area is 173 Å². The number of hydrogen-bond acceptors (Lipinski definition) is 3. The maximum Gasteiger partial charge on any atom is 0.226 e. The predicted octanol–water partition coefficient (Wildman–Crippen LogP) is 4.41. The number of carbonyl (C=O) groups is 1. The molecule has 29 heavy (non-hydrogen) atoms. The molecule has 152 valence electrons. The number of nitrogens with two attached hydrogens (primary N) is 1. The average Bonchev–Trinajstić information content (AvgIpc) is 3.24. The molecule has 1 saturated heterocycles. The number of likely N-dealkylation sites (tertiary alicyclic amines) is 1. The summed E-state index contributed by atoms with van der Waals surface area (Å²) >= 11 is 0. The largest absolute Gasteiger partial charge is 0.487 e. The van der Waals surface area contributed by atoms with Crippen molar-refractivity contribution in [2.75, 3.05) is 13.1 Å². The van der Waals surface area contributed by atoms with E-state index < -0.39 is 0 Å². The SMILES string of the molecule is NC1CC2(CCN(C(=O)C3CCCC3c3ccccc3)CC2)Oc2ccccc21. The highest BCUT2D eigenvalue weighted by Gasteiger charge is 2.44. The summed E-state index contributed by atoms with van der Waals surface area (Å²) in [7, 11) is 0. The second kappa shape index (κ2) is 7.49. The molecule has 3 unspecified atom stereocenters. The van der Waals surface area contributed by atoms with Crippen LogP contribution < -0.4 is 10.5 Å². The van der Waals surface area contributed by atoms with Crippen LogP contribution in [0.15, 0.2) is 54.6 Å². The molecule has 2 heterocycles. The maximum absolute atomic E-state index is 13.4. The van der Waals surface area contributed by atoms with Crippen molar-refractivity contribution in [2.24, 2.45) is 11.7 Å². The van der Waals surface area contributed by atoms with Crippen LogP contribution in [0, 0.1) is 5.92 Å². The molecule has 0 bridgehead atoms. The fourth-order valence-corrected chi connectivity index (χ4v) is 5.70. The maximum atomic E-state index is 13.4. The van der Waals surface area contributed by atoms with Crippen LogP contribution in [0.25, 0.3) is 0 Å². The van der Waals surface area contributed by atoms with Gasteiger partial charge in [-0.2, -0.15) is 0 Å². The van der Waals surface area contributed by atoms with Gasteiger partial charge in [0.1, 0.15) is 11.4 Å². The Morgan fingerprint density at radius 1 is 1.00 bits per heavy atom. The topological polar surface area (TPSA) is 55.6 Å². The molecule has 4 heteroatoms. The molecule has 0 radical (unpaired) electrons. The first-order chi connectivity index (χ1) is 14.2. The van der Waals surface area contributed by atoms with E-state index in [0.29, 0.717) is 11.8 Å². The molecular formula is C25H30N2O2. The number of amides is 1. The molecule has 2 aliphatic heterocycles. The highest BCUT2D eigenvalue weighted by molar-refractivity contribution is 5.80. The van der Waals surface area contributed by atoms with Crippen molar-refractivity contribution < 1.29 is 9.53 Å². The van der Waals surface area contributed by atoms with E-state index >= 15 is 0 Å². The van der Waals surface area contributed by atoms with Crippen molar-refractivity contribution in [3.8, 4) is 5.75 Å². The summed E-state index contributed by atoms with van der Waals surface area (Å²) in [6.45, 7) is 1.54. The Morgan fingerprint density at radius 3 is 2.52 bits per heavy atom. The van der Waals surface area contributed by atoms with Crippen LogP contribution in [0.2, 0.25) is 0 Å². The molecule has 1 amide bonds. The van der Waals surface area contributed by atoms with Crippen LogP contribution in [-0.4, -0.2) is 29.5 Å².